The maximum atomic E-state index is 5.59. The summed E-state index contributed by atoms with van der Waals surface area (Å²) in [7, 11) is 1.77. The molecule has 0 aliphatic heterocycles. The lowest BCUT2D eigenvalue weighted by Crippen LogP contribution is -2.17. The number of nitrogens with one attached hydrogen (secondary N) is 1. The molecule has 0 radical (unpaired) electrons. The van der Waals surface area contributed by atoms with E-state index in [0.29, 0.717) is 5.92 Å². The topological polar surface area (TPSA) is 21.3 Å². The summed E-state index contributed by atoms with van der Waals surface area (Å²) in [5.41, 5.74) is 3.90. The number of benzene rings is 1. The van der Waals surface area contributed by atoms with Crippen molar-refractivity contribution in [1.29, 1.82) is 0 Å². The lowest BCUT2D eigenvalue weighted by atomic mass is 9.93. The quantitative estimate of drug-likeness (QED) is 0.742. The summed E-state index contributed by atoms with van der Waals surface area (Å²) in [4.78, 5) is 0. The zero-order chi connectivity index (χ0) is 13.5. The van der Waals surface area contributed by atoms with Crippen LogP contribution in [-0.4, -0.2) is 20.2 Å². The van der Waals surface area contributed by atoms with Gasteiger partial charge < -0.3 is 10.1 Å². The number of aryl methyl sites for hydroxylation is 1. The van der Waals surface area contributed by atoms with Crippen LogP contribution in [0.25, 0.3) is 0 Å². The third-order valence-electron chi connectivity index (χ3n) is 3.62. The first-order valence-electron chi connectivity index (χ1n) is 6.96. The van der Waals surface area contributed by atoms with Gasteiger partial charge in [-0.2, -0.15) is 0 Å². The molecule has 1 N–H and O–H groups in total. The molecule has 2 heteroatoms. The molecule has 0 spiro atoms. The monoisotopic (exact) mass is 249 g/mol. The highest BCUT2D eigenvalue weighted by Gasteiger charge is 2.14. The summed E-state index contributed by atoms with van der Waals surface area (Å²) in [5, 5.41) is 3.46. The molecule has 0 bridgehead atoms. The number of hydrogen-bond acceptors (Lipinski definition) is 2. The molecule has 0 aliphatic rings. The maximum Gasteiger partial charge on any atom is 0.125 e. The predicted molar refractivity (Wildman–Crippen MR) is 78.7 cm³/mol. The summed E-state index contributed by atoms with van der Waals surface area (Å²) in [6.45, 7) is 10.9. The van der Waals surface area contributed by atoms with Crippen LogP contribution in [0, 0.1) is 13.8 Å². The Hall–Kier alpha value is -1.02. The van der Waals surface area contributed by atoms with Crippen molar-refractivity contribution in [2.24, 2.45) is 0 Å². The minimum atomic E-state index is 0.531. The van der Waals surface area contributed by atoms with Gasteiger partial charge in [0.2, 0.25) is 0 Å². The number of rotatable bonds is 7. The first-order chi connectivity index (χ1) is 8.61. The lowest BCUT2D eigenvalue weighted by molar-refractivity contribution is 0.401. The van der Waals surface area contributed by atoms with Crippen molar-refractivity contribution in [3.8, 4) is 5.75 Å². The van der Waals surface area contributed by atoms with Crippen LogP contribution in [0.5, 0.6) is 5.75 Å². The smallest absolute Gasteiger partial charge is 0.125 e. The van der Waals surface area contributed by atoms with Crippen molar-refractivity contribution in [3.05, 3.63) is 28.8 Å². The fourth-order valence-corrected chi connectivity index (χ4v) is 2.25. The van der Waals surface area contributed by atoms with Crippen LogP contribution in [0.1, 0.15) is 49.3 Å². The van der Waals surface area contributed by atoms with Gasteiger partial charge in [-0.15, -0.1) is 0 Å². The number of methoxy groups -OCH3 is 1. The van der Waals surface area contributed by atoms with E-state index in [2.05, 4.69) is 45.1 Å². The van der Waals surface area contributed by atoms with Gasteiger partial charge in [-0.1, -0.05) is 26.0 Å². The molecule has 102 valence electrons. The fraction of sp³-hybridized carbons (Fsp3) is 0.625. The molecule has 0 saturated heterocycles. The molecule has 0 fully saturated rings. The van der Waals surface area contributed by atoms with Crippen LogP contribution in [0.4, 0.5) is 0 Å². The van der Waals surface area contributed by atoms with Crippen LogP contribution >= 0.6 is 0 Å². The molecule has 0 aliphatic carbocycles. The highest BCUT2D eigenvalue weighted by molar-refractivity contribution is 5.46. The molecule has 0 amide bonds. The van der Waals surface area contributed by atoms with Gasteiger partial charge in [0.25, 0.3) is 0 Å². The van der Waals surface area contributed by atoms with E-state index in [1.54, 1.807) is 7.11 Å². The van der Waals surface area contributed by atoms with Crippen LogP contribution in [0.3, 0.4) is 0 Å². The van der Waals surface area contributed by atoms with E-state index in [4.69, 9.17) is 4.74 Å². The van der Waals surface area contributed by atoms with Crippen molar-refractivity contribution in [2.75, 3.05) is 20.2 Å². The molecule has 2 nitrogen and oxygen atoms in total. The third-order valence-corrected chi connectivity index (χ3v) is 3.62. The van der Waals surface area contributed by atoms with Crippen molar-refractivity contribution in [2.45, 2.75) is 46.5 Å². The molecule has 1 unspecified atom stereocenters. The van der Waals surface area contributed by atoms with Gasteiger partial charge >= 0.3 is 0 Å². The predicted octanol–water partition coefficient (Wildman–Crippen LogP) is 3.81. The second-order valence-electron chi connectivity index (χ2n) is 5.07. The summed E-state index contributed by atoms with van der Waals surface area (Å²) in [6.07, 6.45) is 2.35. The van der Waals surface area contributed by atoms with E-state index in [1.807, 2.05) is 0 Å². The Balaban J connectivity index is 2.73. The van der Waals surface area contributed by atoms with E-state index in [0.717, 1.165) is 25.3 Å². The van der Waals surface area contributed by atoms with Crippen LogP contribution in [0.15, 0.2) is 12.1 Å². The Morgan fingerprint density at radius 1 is 1.22 bits per heavy atom. The van der Waals surface area contributed by atoms with Gasteiger partial charge in [0, 0.05) is 0 Å². The Kier molecular flexibility index (Phi) is 6.20. The van der Waals surface area contributed by atoms with E-state index >= 15 is 0 Å². The number of hydrogen-bond donors (Lipinski definition) is 1. The Bertz CT molecular complexity index is 374. The van der Waals surface area contributed by atoms with Crippen molar-refractivity contribution < 1.29 is 4.74 Å². The summed E-state index contributed by atoms with van der Waals surface area (Å²) in [5.74, 6) is 1.60. The number of ether oxygens (including phenoxy) is 1. The van der Waals surface area contributed by atoms with Gasteiger partial charge in [0.15, 0.2) is 0 Å². The first-order valence-corrected chi connectivity index (χ1v) is 6.96. The largest absolute Gasteiger partial charge is 0.496 e. The fourth-order valence-electron chi connectivity index (χ4n) is 2.25. The van der Waals surface area contributed by atoms with E-state index in [-0.39, 0.29) is 0 Å². The SMILES string of the molecule is CCCNCCC(C)c1ccc(C)c(C)c1OC. The van der Waals surface area contributed by atoms with Gasteiger partial charge in [-0.3, -0.25) is 0 Å². The minimum Gasteiger partial charge on any atom is -0.496 e. The highest BCUT2D eigenvalue weighted by atomic mass is 16.5. The van der Waals surface area contributed by atoms with Gasteiger partial charge in [-0.25, -0.2) is 0 Å². The van der Waals surface area contributed by atoms with Crippen molar-refractivity contribution >= 4 is 0 Å². The molecule has 18 heavy (non-hydrogen) atoms. The van der Waals surface area contributed by atoms with Crippen LogP contribution in [-0.2, 0) is 0 Å². The summed E-state index contributed by atoms with van der Waals surface area (Å²) < 4.78 is 5.59. The van der Waals surface area contributed by atoms with E-state index < -0.39 is 0 Å². The Labute approximate surface area is 112 Å². The van der Waals surface area contributed by atoms with E-state index in [9.17, 15) is 0 Å². The molecule has 0 heterocycles. The summed E-state index contributed by atoms with van der Waals surface area (Å²) >= 11 is 0. The van der Waals surface area contributed by atoms with Gasteiger partial charge in [0.1, 0.15) is 5.75 Å². The Morgan fingerprint density at radius 3 is 2.56 bits per heavy atom. The highest BCUT2D eigenvalue weighted by Crippen LogP contribution is 2.33. The van der Waals surface area contributed by atoms with Crippen LogP contribution < -0.4 is 10.1 Å². The average molecular weight is 249 g/mol. The van der Waals surface area contributed by atoms with Crippen LogP contribution in [0.2, 0.25) is 0 Å². The standard InChI is InChI=1S/C16H27NO/c1-6-10-17-11-9-13(3)15-8-7-12(2)14(4)16(15)18-5/h7-8,13,17H,6,9-11H2,1-5H3. The second kappa shape index (κ2) is 7.42. The summed E-state index contributed by atoms with van der Waals surface area (Å²) in [6, 6.07) is 4.41. The molecule has 0 aromatic heterocycles. The van der Waals surface area contributed by atoms with Gasteiger partial charge in [-0.05, 0) is 62.4 Å². The van der Waals surface area contributed by atoms with Gasteiger partial charge in [0.05, 0.1) is 7.11 Å². The molecule has 1 aromatic rings. The molecule has 1 rings (SSSR count). The third kappa shape index (κ3) is 3.74. The molecular formula is C16H27NO. The molecule has 0 saturated carbocycles. The maximum absolute atomic E-state index is 5.59. The zero-order valence-electron chi connectivity index (χ0n) is 12.5. The molecule has 1 aromatic carbocycles. The Morgan fingerprint density at radius 2 is 1.94 bits per heavy atom. The van der Waals surface area contributed by atoms with Crippen molar-refractivity contribution in [1.82, 2.24) is 5.32 Å². The molecule has 1 atom stereocenters. The lowest BCUT2D eigenvalue weighted by Gasteiger charge is -2.19. The first kappa shape index (κ1) is 15.0. The second-order valence-corrected chi connectivity index (χ2v) is 5.07. The average Bonchev–Trinajstić information content (AvgIpc) is 2.37. The minimum absolute atomic E-state index is 0.531. The van der Waals surface area contributed by atoms with Crippen molar-refractivity contribution in [3.63, 3.8) is 0 Å². The zero-order valence-corrected chi connectivity index (χ0v) is 12.5. The van der Waals surface area contributed by atoms with E-state index in [1.165, 1.54) is 23.1 Å². The normalized spacial score (nSPS) is 12.5. The molecular weight excluding hydrogens is 222 g/mol.